The summed E-state index contributed by atoms with van der Waals surface area (Å²) >= 11 is 0. The van der Waals surface area contributed by atoms with E-state index in [-0.39, 0.29) is 25.7 Å². The topological polar surface area (TPSA) is 167 Å². The molecule has 1 saturated heterocycles. The zero-order valence-corrected chi connectivity index (χ0v) is 27.2. The molecular formula is C37H46N2O9. The van der Waals surface area contributed by atoms with Gasteiger partial charge in [-0.05, 0) is 34.6 Å². The third-order valence-corrected chi connectivity index (χ3v) is 8.97. The summed E-state index contributed by atoms with van der Waals surface area (Å²) < 4.78 is 17.6. The smallest absolute Gasteiger partial charge is 0.252 e. The first-order valence-corrected chi connectivity index (χ1v) is 16.5. The Morgan fingerprint density at radius 3 is 1.88 bits per heavy atom. The first kappa shape index (κ1) is 35.6. The van der Waals surface area contributed by atoms with Gasteiger partial charge in [-0.25, -0.2) is 0 Å². The highest BCUT2D eigenvalue weighted by atomic mass is 16.5. The molecule has 0 radical (unpaired) electrons. The Bertz CT molecular complexity index is 1470. The van der Waals surface area contributed by atoms with Crippen molar-refractivity contribution < 1.29 is 44.2 Å². The van der Waals surface area contributed by atoms with E-state index in [4.69, 9.17) is 14.2 Å². The number of benzene rings is 3. The molecule has 2 aliphatic rings. The van der Waals surface area contributed by atoms with Crippen LogP contribution in [0.15, 0.2) is 84.9 Å². The molecule has 1 aliphatic carbocycles. The van der Waals surface area contributed by atoms with Crippen molar-refractivity contribution in [1.82, 2.24) is 10.6 Å². The zero-order valence-electron chi connectivity index (χ0n) is 27.2. The molecule has 0 aromatic heterocycles. The number of carbonyl (C=O) groups excluding carboxylic acids is 2. The van der Waals surface area contributed by atoms with Crippen molar-refractivity contribution in [3.8, 4) is 0 Å². The van der Waals surface area contributed by atoms with Gasteiger partial charge in [-0.1, -0.05) is 98.8 Å². The second kappa shape index (κ2) is 16.6. The highest BCUT2D eigenvalue weighted by molar-refractivity contribution is 5.84. The first-order chi connectivity index (χ1) is 23.1. The van der Waals surface area contributed by atoms with Gasteiger partial charge in [-0.2, -0.15) is 0 Å². The number of aliphatic hydroxyl groups excluding tert-OH is 4. The molecule has 48 heavy (non-hydrogen) atoms. The minimum Gasteiger partial charge on any atom is -0.390 e. The predicted molar refractivity (Wildman–Crippen MR) is 176 cm³/mol. The summed E-state index contributed by atoms with van der Waals surface area (Å²) in [6.07, 6.45) is -8.45. The van der Waals surface area contributed by atoms with Gasteiger partial charge in [0.1, 0.15) is 12.2 Å². The molecular weight excluding hydrogens is 616 g/mol. The monoisotopic (exact) mass is 662 g/mol. The first-order valence-electron chi connectivity index (χ1n) is 16.5. The molecule has 2 amide bonds. The molecule has 9 atom stereocenters. The predicted octanol–water partition coefficient (Wildman–Crippen LogP) is 1.94. The number of rotatable bonds is 15. The normalized spacial score (nSPS) is 23.6. The van der Waals surface area contributed by atoms with Crippen molar-refractivity contribution in [1.29, 1.82) is 0 Å². The van der Waals surface area contributed by atoms with E-state index in [9.17, 15) is 30.0 Å². The van der Waals surface area contributed by atoms with E-state index in [0.29, 0.717) is 12.8 Å². The number of amides is 2. The Hall–Kier alpha value is -3.68. The van der Waals surface area contributed by atoms with Gasteiger partial charge in [0, 0.05) is 6.42 Å². The minimum atomic E-state index is -1.91. The van der Waals surface area contributed by atoms with Crippen LogP contribution in [0.4, 0.5) is 0 Å². The van der Waals surface area contributed by atoms with Crippen LogP contribution in [0.2, 0.25) is 0 Å². The number of ether oxygens (including phenoxy) is 3. The summed E-state index contributed by atoms with van der Waals surface area (Å²) in [5.41, 5.74) is 3.09. The van der Waals surface area contributed by atoms with Crippen molar-refractivity contribution in [2.75, 3.05) is 6.61 Å². The van der Waals surface area contributed by atoms with Gasteiger partial charge in [-0.3, -0.25) is 9.59 Å². The fourth-order valence-corrected chi connectivity index (χ4v) is 6.23. The minimum absolute atomic E-state index is 0.0406. The number of nitrogens with one attached hydrogen (secondary N) is 2. The van der Waals surface area contributed by atoms with Gasteiger partial charge in [0.25, 0.3) is 11.8 Å². The quantitative estimate of drug-likeness (QED) is 0.143. The van der Waals surface area contributed by atoms with E-state index in [1.165, 1.54) is 0 Å². The second-order valence-electron chi connectivity index (χ2n) is 12.9. The number of fused-ring (bicyclic) bond motifs is 1. The lowest BCUT2D eigenvalue weighted by Gasteiger charge is -2.32. The van der Waals surface area contributed by atoms with Crippen LogP contribution in [0, 0.1) is 5.92 Å². The number of aliphatic hydroxyl groups is 4. The van der Waals surface area contributed by atoms with Crippen LogP contribution in [-0.4, -0.2) is 87.6 Å². The van der Waals surface area contributed by atoms with Gasteiger partial charge < -0.3 is 45.3 Å². The van der Waals surface area contributed by atoms with Gasteiger partial charge in [0.15, 0.2) is 12.2 Å². The summed E-state index contributed by atoms with van der Waals surface area (Å²) in [5, 5.41) is 50.1. The van der Waals surface area contributed by atoms with E-state index in [1.54, 1.807) is 36.4 Å². The van der Waals surface area contributed by atoms with Crippen LogP contribution in [-0.2, 0) is 43.4 Å². The van der Waals surface area contributed by atoms with E-state index < -0.39 is 66.6 Å². The Kier molecular flexibility index (Phi) is 12.3. The average molecular weight is 663 g/mol. The second-order valence-corrected chi connectivity index (χ2v) is 12.9. The molecule has 0 spiro atoms. The van der Waals surface area contributed by atoms with Gasteiger partial charge in [0.2, 0.25) is 0 Å². The van der Waals surface area contributed by atoms with Gasteiger partial charge in [-0.15, -0.1) is 0 Å². The molecule has 1 heterocycles. The van der Waals surface area contributed by atoms with Crippen LogP contribution in [0.3, 0.4) is 0 Å². The van der Waals surface area contributed by atoms with E-state index in [2.05, 4.69) is 10.6 Å². The fraction of sp³-hybridized carbons (Fsp3) is 0.459. The Morgan fingerprint density at radius 2 is 1.31 bits per heavy atom. The molecule has 1 fully saturated rings. The highest BCUT2D eigenvalue weighted by Gasteiger charge is 2.43. The molecule has 5 rings (SSSR count). The lowest BCUT2D eigenvalue weighted by Crippen LogP contribution is -2.57. The summed E-state index contributed by atoms with van der Waals surface area (Å²) in [6.45, 7) is 3.77. The molecule has 3 aromatic rings. The maximum absolute atomic E-state index is 13.8. The molecule has 2 unspecified atom stereocenters. The molecule has 0 bridgehead atoms. The van der Waals surface area contributed by atoms with Crippen LogP contribution in [0.1, 0.15) is 48.6 Å². The molecule has 1 aliphatic heterocycles. The summed E-state index contributed by atoms with van der Waals surface area (Å²) in [6, 6.07) is 24.2. The van der Waals surface area contributed by atoms with Crippen LogP contribution in [0.25, 0.3) is 0 Å². The molecule has 11 nitrogen and oxygen atoms in total. The molecule has 11 heteroatoms. The third-order valence-electron chi connectivity index (χ3n) is 8.97. The SMILES string of the molecule is CC(C)C(O)[C@@H]1CC(NC(=O)[C@H](OCc2ccccc2)[C@H](O)[C@@H](O)[C@@H](OCc2ccccc2)C(=O)N[C@H]2c3ccccc3C[C@H]2O)CO1. The Balaban J connectivity index is 1.35. The maximum Gasteiger partial charge on any atom is 0.252 e. The van der Waals surface area contributed by atoms with Crippen LogP contribution in [0.5, 0.6) is 0 Å². The van der Waals surface area contributed by atoms with Crippen LogP contribution >= 0.6 is 0 Å². The summed E-state index contributed by atoms with van der Waals surface area (Å²) in [4.78, 5) is 27.5. The molecule has 0 saturated carbocycles. The average Bonchev–Trinajstić information content (AvgIpc) is 3.68. The van der Waals surface area contributed by atoms with Gasteiger partial charge >= 0.3 is 0 Å². The maximum atomic E-state index is 13.8. The zero-order chi connectivity index (χ0) is 34.2. The Labute approximate surface area is 280 Å². The number of carbonyl (C=O) groups is 2. The largest absolute Gasteiger partial charge is 0.390 e. The highest BCUT2D eigenvalue weighted by Crippen LogP contribution is 2.31. The van der Waals surface area contributed by atoms with Crippen LogP contribution < -0.4 is 10.6 Å². The van der Waals surface area contributed by atoms with E-state index >= 15 is 0 Å². The lowest BCUT2D eigenvalue weighted by atomic mass is 9.98. The molecule has 258 valence electrons. The van der Waals surface area contributed by atoms with Gasteiger partial charge in [0.05, 0.1) is 50.2 Å². The van der Waals surface area contributed by atoms with E-state index in [0.717, 1.165) is 22.3 Å². The third kappa shape index (κ3) is 8.86. The van der Waals surface area contributed by atoms with Crippen molar-refractivity contribution >= 4 is 11.8 Å². The number of hydrogen-bond acceptors (Lipinski definition) is 9. The van der Waals surface area contributed by atoms with Crippen molar-refractivity contribution in [2.24, 2.45) is 5.92 Å². The van der Waals surface area contributed by atoms with Crippen molar-refractivity contribution in [3.05, 3.63) is 107 Å². The number of hydrogen-bond donors (Lipinski definition) is 6. The summed E-state index contributed by atoms with van der Waals surface area (Å²) in [7, 11) is 0. The summed E-state index contributed by atoms with van der Waals surface area (Å²) in [5.74, 6) is -1.52. The Morgan fingerprint density at radius 1 is 0.792 bits per heavy atom. The van der Waals surface area contributed by atoms with E-state index in [1.807, 2.05) is 62.4 Å². The van der Waals surface area contributed by atoms with Crippen molar-refractivity contribution in [2.45, 2.75) is 94.7 Å². The molecule has 6 N–H and O–H groups in total. The van der Waals surface area contributed by atoms with Crippen molar-refractivity contribution in [3.63, 3.8) is 0 Å². The fourth-order valence-electron chi connectivity index (χ4n) is 6.23. The lowest BCUT2D eigenvalue weighted by molar-refractivity contribution is -0.171. The molecule has 3 aromatic carbocycles. The standard InChI is InChI=1S/C37H46N2O9/c1-22(2)31(41)29-18-26(21-46-29)38-36(44)34(47-19-23-11-5-3-6-12-23)32(42)33(43)35(48-20-24-13-7-4-8-14-24)37(45)39-30-27-16-10-9-15-25(27)17-28(30)40/h3-16,22,26,28-35,40-43H,17-21H2,1-2H3,(H,38,44)(H,39,45)/t26?,28-,29+,30+,31?,32-,33-,34-,35-/m1/s1.